The van der Waals surface area contributed by atoms with Crippen molar-refractivity contribution >= 4 is 14.3 Å². The number of halogens is 4. The number of benzene rings is 1. The highest BCUT2D eigenvalue weighted by Gasteiger charge is 2.60. The second kappa shape index (κ2) is 8.40. The van der Waals surface area contributed by atoms with Gasteiger partial charge in [-0.25, -0.2) is 4.39 Å². The number of rotatable bonds is 8. The van der Waals surface area contributed by atoms with E-state index in [1.807, 2.05) is 0 Å². The van der Waals surface area contributed by atoms with Crippen LogP contribution in [0.25, 0.3) is 0 Å². The predicted molar refractivity (Wildman–Crippen MR) is 100 cm³/mol. The molecule has 9 heteroatoms. The summed E-state index contributed by atoms with van der Waals surface area (Å²) in [6.07, 6.45) is -6.44. The summed E-state index contributed by atoms with van der Waals surface area (Å²) in [4.78, 5) is 11.9. The van der Waals surface area contributed by atoms with Gasteiger partial charge in [0.25, 0.3) is 0 Å². The Morgan fingerprint density at radius 1 is 1.11 bits per heavy atom. The minimum absolute atomic E-state index is 0.257. The zero-order valence-corrected chi connectivity index (χ0v) is 18.3. The fourth-order valence-electron chi connectivity index (χ4n) is 3.30. The van der Waals surface area contributed by atoms with Gasteiger partial charge in [-0.3, -0.25) is 4.79 Å². The van der Waals surface area contributed by atoms with Gasteiger partial charge in [-0.15, -0.1) is 0 Å². The number of alkyl halides is 3. The van der Waals surface area contributed by atoms with Gasteiger partial charge in [0.2, 0.25) is 0 Å². The Hall–Kier alpha value is -1.61. The predicted octanol–water partition coefficient (Wildman–Crippen LogP) is 5.22. The van der Waals surface area contributed by atoms with Gasteiger partial charge in [0.15, 0.2) is 13.9 Å². The molecule has 0 amide bonds. The van der Waals surface area contributed by atoms with Gasteiger partial charge in [-0.1, -0.05) is 13.8 Å². The Balaban J connectivity index is 3.57. The zero-order chi connectivity index (χ0) is 22.0. The van der Waals surface area contributed by atoms with Crippen LogP contribution in [0.2, 0.25) is 19.6 Å². The van der Waals surface area contributed by atoms with Gasteiger partial charge in [-0.05, 0) is 49.7 Å². The van der Waals surface area contributed by atoms with Gasteiger partial charge in [0.1, 0.15) is 11.6 Å². The first kappa shape index (κ1) is 24.4. The first-order valence-corrected chi connectivity index (χ1v) is 12.2. The van der Waals surface area contributed by atoms with Gasteiger partial charge < -0.3 is 13.9 Å². The van der Waals surface area contributed by atoms with Crippen LogP contribution in [0.1, 0.15) is 32.3 Å². The van der Waals surface area contributed by atoms with E-state index in [-0.39, 0.29) is 11.3 Å². The number of carbonyl (C=O) groups is 1. The summed E-state index contributed by atoms with van der Waals surface area (Å²) >= 11 is 0. The summed E-state index contributed by atoms with van der Waals surface area (Å²) in [5.41, 5.74) is -3.74. The topological polar surface area (TPSA) is 44.8 Å². The van der Waals surface area contributed by atoms with E-state index >= 15 is 0 Å². The van der Waals surface area contributed by atoms with Crippen LogP contribution in [0.15, 0.2) is 18.2 Å². The van der Waals surface area contributed by atoms with E-state index in [2.05, 4.69) is 4.74 Å². The fourth-order valence-corrected chi connectivity index (χ4v) is 4.73. The molecule has 4 nitrogen and oxygen atoms in total. The lowest BCUT2D eigenvalue weighted by Gasteiger charge is -2.44. The molecular formula is C19H28F4O4Si. The highest BCUT2D eigenvalue weighted by molar-refractivity contribution is 6.69. The van der Waals surface area contributed by atoms with Crippen LogP contribution >= 0.6 is 0 Å². The Morgan fingerprint density at radius 2 is 1.68 bits per heavy atom. The molecule has 0 heterocycles. The molecule has 1 atom stereocenters. The average Bonchev–Trinajstić information content (AvgIpc) is 2.51. The molecule has 160 valence electrons. The molecule has 1 rings (SSSR count). The second-order valence-electron chi connectivity index (χ2n) is 8.36. The first-order chi connectivity index (χ1) is 12.6. The maximum Gasteiger partial charge on any atom is 0.416 e. The minimum atomic E-state index is -4.85. The van der Waals surface area contributed by atoms with Crippen molar-refractivity contribution in [2.45, 2.75) is 63.5 Å². The number of carbonyl (C=O) groups excluding carboxylic acids is 1. The fraction of sp³-hybridized carbons (Fsp3) is 0.632. The molecule has 0 aliphatic carbocycles. The quantitative estimate of drug-likeness (QED) is 0.326. The van der Waals surface area contributed by atoms with Crippen molar-refractivity contribution in [3.63, 3.8) is 0 Å². The summed E-state index contributed by atoms with van der Waals surface area (Å²) in [6, 6.07) is 3.68. The lowest BCUT2D eigenvalue weighted by molar-refractivity contribution is -0.261. The van der Waals surface area contributed by atoms with Crippen LogP contribution in [-0.2, 0) is 19.4 Å². The molecule has 0 spiro atoms. The van der Waals surface area contributed by atoms with E-state index in [0.29, 0.717) is 0 Å². The Kier molecular flexibility index (Phi) is 7.33. The van der Waals surface area contributed by atoms with Crippen molar-refractivity contribution in [2.75, 3.05) is 14.2 Å². The number of hydrogen-bond acceptors (Lipinski definition) is 4. The largest absolute Gasteiger partial charge is 0.496 e. The van der Waals surface area contributed by atoms with E-state index < -0.39 is 50.1 Å². The Morgan fingerprint density at radius 3 is 2.11 bits per heavy atom. The first-order valence-electron chi connectivity index (χ1n) is 8.75. The van der Waals surface area contributed by atoms with E-state index in [1.165, 1.54) is 33.1 Å². The second-order valence-corrected chi connectivity index (χ2v) is 12.8. The van der Waals surface area contributed by atoms with Crippen LogP contribution in [0.4, 0.5) is 17.6 Å². The van der Waals surface area contributed by atoms with Crippen LogP contribution in [0.5, 0.6) is 5.75 Å². The van der Waals surface area contributed by atoms with Crippen molar-refractivity contribution in [2.24, 2.45) is 0 Å². The lowest BCUT2D eigenvalue weighted by Crippen LogP contribution is -2.57. The highest BCUT2D eigenvalue weighted by atomic mass is 28.4. The van der Waals surface area contributed by atoms with Crippen LogP contribution < -0.4 is 4.74 Å². The maximum absolute atomic E-state index is 14.3. The van der Waals surface area contributed by atoms with Gasteiger partial charge in [0.05, 0.1) is 20.6 Å². The summed E-state index contributed by atoms with van der Waals surface area (Å²) in [7, 11) is -0.364. The van der Waals surface area contributed by atoms with Gasteiger partial charge in [-0.2, -0.15) is 13.2 Å². The summed E-state index contributed by atoms with van der Waals surface area (Å²) in [6.45, 7) is 7.91. The van der Waals surface area contributed by atoms with Gasteiger partial charge >= 0.3 is 12.1 Å². The number of esters is 1. The van der Waals surface area contributed by atoms with Crippen molar-refractivity contribution in [1.82, 2.24) is 0 Å². The minimum Gasteiger partial charge on any atom is -0.496 e. The van der Waals surface area contributed by atoms with E-state index in [9.17, 15) is 22.4 Å². The molecule has 0 aromatic heterocycles. The average molecular weight is 425 g/mol. The van der Waals surface area contributed by atoms with E-state index in [0.717, 1.165) is 13.2 Å². The third-order valence-corrected chi connectivity index (χ3v) is 5.30. The lowest BCUT2D eigenvalue weighted by atomic mass is 9.73. The summed E-state index contributed by atoms with van der Waals surface area (Å²) < 4.78 is 72.1. The summed E-state index contributed by atoms with van der Waals surface area (Å²) in [5, 5.41) is 0. The van der Waals surface area contributed by atoms with E-state index in [4.69, 9.17) is 9.16 Å². The molecule has 28 heavy (non-hydrogen) atoms. The molecule has 0 bridgehead atoms. The monoisotopic (exact) mass is 424 g/mol. The number of hydrogen-bond donors (Lipinski definition) is 0. The summed E-state index contributed by atoms with van der Waals surface area (Å²) in [5.74, 6) is -1.37. The molecule has 0 unspecified atom stereocenters. The maximum atomic E-state index is 14.3. The molecular weight excluding hydrogens is 396 g/mol. The third kappa shape index (κ3) is 5.94. The highest BCUT2D eigenvalue weighted by Crippen LogP contribution is 2.48. The van der Waals surface area contributed by atoms with Crippen molar-refractivity contribution in [3.05, 3.63) is 29.6 Å². The molecule has 1 aromatic carbocycles. The smallest absolute Gasteiger partial charge is 0.416 e. The number of ether oxygens (including phenoxy) is 2. The Bertz CT molecular complexity index is 698. The van der Waals surface area contributed by atoms with Gasteiger partial charge in [0, 0.05) is 5.56 Å². The molecule has 0 aliphatic heterocycles. The van der Waals surface area contributed by atoms with E-state index in [1.54, 1.807) is 19.6 Å². The molecule has 0 fully saturated rings. The van der Waals surface area contributed by atoms with Crippen molar-refractivity contribution in [3.8, 4) is 5.75 Å². The molecule has 0 radical (unpaired) electrons. The SMILES string of the molecule is COC(=O)C[C@@](CC(C)(C)c1cc(F)ccc1OC)(O[Si](C)(C)C)C(F)(F)F. The normalized spacial score (nSPS) is 15.1. The molecule has 0 saturated heterocycles. The van der Waals surface area contributed by atoms with Crippen LogP contribution in [0, 0.1) is 5.82 Å². The molecule has 0 N–H and O–H groups in total. The standard InChI is InChI=1S/C19H28F4O4Si/c1-17(2,14-10-13(20)8-9-15(14)25-3)12-18(19(21,22)23,11-16(24)26-4)27-28(5,6)7/h8-10H,11-12H2,1-7H3/t18-/m0/s1. The zero-order valence-electron chi connectivity index (χ0n) is 17.3. The molecule has 1 aromatic rings. The third-order valence-electron chi connectivity index (χ3n) is 4.29. The van der Waals surface area contributed by atoms with Crippen molar-refractivity contribution in [1.29, 1.82) is 0 Å². The van der Waals surface area contributed by atoms with Crippen molar-refractivity contribution < 1.29 is 36.3 Å². The van der Waals surface area contributed by atoms with Crippen LogP contribution in [-0.4, -0.2) is 40.3 Å². The Labute approximate surface area is 164 Å². The number of methoxy groups -OCH3 is 2. The van der Waals surface area contributed by atoms with Crippen LogP contribution in [0.3, 0.4) is 0 Å². The molecule has 0 saturated carbocycles. The molecule has 0 aliphatic rings.